The highest BCUT2D eigenvalue weighted by Gasteiger charge is 2.14. The molecule has 0 aliphatic rings. The standard InChI is InChI=1S/C14H18Cl2N2O2/c1-9(2)18(10(3)19)7-6-14(20)17-13-5-4-11(15)8-12(13)16/h4-5,8-9H,6-7H2,1-3H3,(H,17,20). The lowest BCUT2D eigenvalue weighted by Gasteiger charge is -2.25. The van der Waals surface area contributed by atoms with Gasteiger partial charge in [0.15, 0.2) is 0 Å². The van der Waals surface area contributed by atoms with E-state index in [4.69, 9.17) is 23.2 Å². The number of carbonyl (C=O) groups excluding carboxylic acids is 2. The molecule has 1 N–H and O–H groups in total. The van der Waals surface area contributed by atoms with E-state index in [0.717, 1.165) is 0 Å². The summed E-state index contributed by atoms with van der Waals surface area (Å²) in [6.45, 7) is 5.70. The van der Waals surface area contributed by atoms with E-state index in [1.165, 1.54) is 6.92 Å². The van der Waals surface area contributed by atoms with Gasteiger partial charge in [0.2, 0.25) is 11.8 Å². The van der Waals surface area contributed by atoms with Crippen LogP contribution in [0.1, 0.15) is 27.2 Å². The van der Waals surface area contributed by atoms with Gasteiger partial charge in [-0.1, -0.05) is 23.2 Å². The zero-order valence-electron chi connectivity index (χ0n) is 11.7. The number of halogens is 2. The molecule has 0 aromatic heterocycles. The van der Waals surface area contributed by atoms with Gasteiger partial charge in [-0.25, -0.2) is 0 Å². The van der Waals surface area contributed by atoms with E-state index in [0.29, 0.717) is 22.3 Å². The maximum atomic E-state index is 11.9. The van der Waals surface area contributed by atoms with Crippen molar-refractivity contribution in [2.75, 3.05) is 11.9 Å². The third-order valence-electron chi connectivity index (χ3n) is 2.81. The molecule has 1 aromatic carbocycles. The number of nitrogens with one attached hydrogen (secondary N) is 1. The Bertz CT molecular complexity index is 504. The average molecular weight is 317 g/mol. The van der Waals surface area contributed by atoms with Crippen LogP contribution in [0.4, 0.5) is 5.69 Å². The van der Waals surface area contributed by atoms with Crippen LogP contribution in [-0.4, -0.2) is 29.3 Å². The lowest BCUT2D eigenvalue weighted by atomic mass is 10.2. The summed E-state index contributed by atoms with van der Waals surface area (Å²) >= 11 is 11.8. The number of rotatable bonds is 5. The van der Waals surface area contributed by atoms with Gasteiger partial charge in [-0.2, -0.15) is 0 Å². The fraction of sp³-hybridized carbons (Fsp3) is 0.429. The third-order valence-corrected chi connectivity index (χ3v) is 3.36. The second-order valence-electron chi connectivity index (χ2n) is 4.73. The Morgan fingerprint density at radius 3 is 2.45 bits per heavy atom. The van der Waals surface area contributed by atoms with E-state index < -0.39 is 0 Å². The fourth-order valence-corrected chi connectivity index (χ4v) is 2.26. The molecule has 0 unspecified atom stereocenters. The molecule has 0 fully saturated rings. The van der Waals surface area contributed by atoms with E-state index in [1.54, 1.807) is 23.1 Å². The highest BCUT2D eigenvalue weighted by Crippen LogP contribution is 2.25. The topological polar surface area (TPSA) is 49.4 Å². The normalized spacial score (nSPS) is 10.5. The van der Waals surface area contributed by atoms with Crippen LogP contribution in [-0.2, 0) is 9.59 Å². The minimum atomic E-state index is -0.193. The summed E-state index contributed by atoms with van der Waals surface area (Å²) < 4.78 is 0. The molecule has 2 amide bonds. The first-order valence-electron chi connectivity index (χ1n) is 6.33. The van der Waals surface area contributed by atoms with E-state index in [1.807, 2.05) is 13.8 Å². The molecule has 1 rings (SSSR count). The average Bonchev–Trinajstić information content (AvgIpc) is 2.32. The van der Waals surface area contributed by atoms with Crippen LogP contribution in [0.2, 0.25) is 10.0 Å². The summed E-state index contributed by atoms with van der Waals surface area (Å²) in [6, 6.07) is 4.93. The lowest BCUT2D eigenvalue weighted by Crippen LogP contribution is -2.37. The molecular formula is C14H18Cl2N2O2. The Labute approximate surface area is 129 Å². The van der Waals surface area contributed by atoms with Gasteiger partial charge < -0.3 is 10.2 Å². The van der Waals surface area contributed by atoms with Crippen LogP contribution in [0, 0.1) is 0 Å². The molecule has 0 aliphatic carbocycles. The number of anilines is 1. The predicted octanol–water partition coefficient (Wildman–Crippen LogP) is 3.58. The maximum Gasteiger partial charge on any atom is 0.226 e. The largest absolute Gasteiger partial charge is 0.340 e. The monoisotopic (exact) mass is 316 g/mol. The lowest BCUT2D eigenvalue weighted by molar-refractivity contribution is -0.130. The van der Waals surface area contributed by atoms with Crippen LogP contribution in [0.15, 0.2) is 18.2 Å². The van der Waals surface area contributed by atoms with Gasteiger partial charge >= 0.3 is 0 Å². The summed E-state index contributed by atoms with van der Waals surface area (Å²) in [4.78, 5) is 24.9. The Hall–Kier alpha value is -1.26. The van der Waals surface area contributed by atoms with Gasteiger partial charge in [0.25, 0.3) is 0 Å². The van der Waals surface area contributed by atoms with E-state index in [2.05, 4.69) is 5.32 Å². The minimum Gasteiger partial charge on any atom is -0.340 e. The molecule has 0 saturated heterocycles. The van der Waals surface area contributed by atoms with Crippen LogP contribution < -0.4 is 5.32 Å². The van der Waals surface area contributed by atoms with Crippen LogP contribution in [0.25, 0.3) is 0 Å². The zero-order chi connectivity index (χ0) is 15.3. The maximum absolute atomic E-state index is 11.9. The fourth-order valence-electron chi connectivity index (χ4n) is 1.80. The van der Waals surface area contributed by atoms with Gasteiger partial charge in [-0.3, -0.25) is 9.59 Å². The van der Waals surface area contributed by atoms with Crippen molar-refractivity contribution in [2.24, 2.45) is 0 Å². The van der Waals surface area contributed by atoms with Crippen molar-refractivity contribution in [2.45, 2.75) is 33.2 Å². The summed E-state index contributed by atoms with van der Waals surface area (Å²) in [5.41, 5.74) is 0.514. The second kappa shape index (κ2) is 7.50. The van der Waals surface area contributed by atoms with E-state index >= 15 is 0 Å². The number of amides is 2. The first-order valence-corrected chi connectivity index (χ1v) is 7.09. The van der Waals surface area contributed by atoms with Crippen molar-refractivity contribution in [3.8, 4) is 0 Å². The van der Waals surface area contributed by atoms with E-state index in [9.17, 15) is 9.59 Å². The quantitative estimate of drug-likeness (QED) is 0.902. The minimum absolute atomic E-state index is 0.0441. The van der Waals surface area contributed by atoms with Crippen molar-refractivity contribution in [1.29, 1.82) is 0 Å². The van der Waals surface area contributed by atoms with Crippen molar-refractivity contribution in [3.05, 3.63) is 28.2 Å². The van der Waals surface area contributed by atoms with Gasteiger partial charge in [0.05, 0.1) is 10.7 Å². The van der Waals surface area contributed by atoms with Crippen molar-refractivity contribution in [1.82, 2.24) is 4.90 Å². The highest BCUT2D eigenvalue weighted by atomic mass is 35.5. The van der Waals surface area contributed by atoms with Gasteiger partial charge in [-0.05, 0) is 32.0 Å². The number of hydrogen-bond donors (Lipinski definition) is 1. The van der Waals surface area contributed by atoms with Crippen LogP contribution in [0.5, 0.6) is 0 Å². The molecule has 0 atom stereocenters. The van der Waals surface area contributed by atoms with Crippen molar-refractivity contribution in [3.63, 3.8) is 0 Å². The Morgan fingerprint density at radius 1 is 1.30 bits per heavy atom. The number of carbonyl (C=O) groups is 2. The van der Waals surface area contributed by atoms with E-state index in [-0.39, 0.29) is 24.3 Å². The molecule has 4 nitrogen and oxygen atoms in total. The summed E-state index contributed by atoms with van der Waals surface area (Å²) in [7, 11) is 0. The van der Waals surface area contributed by atoms with Crippen LogP contribution in [0.3, 0.4) is 0 Å². The van der Waals surface area contributed by atoms with Gasteiger partial charge in [-0.15, -0.1) is 0 Å². The highest BCUT2D eigenvalue weighted by molar-refractivity contribution is 6.36. The first-order chi connectivity index (χ1) is 9.31. The van der Waals surface area contributed by atoms with Crippen molar-refractivity contribution >= 4 is 40.7 Å². The molecule has 0 saturated carbocycles. The summed E-state index contributed by atoms with van der Waals surface area (Å²) in [5.74, 6) is -0.238. The molecule has 0 bridgehead atoms. The SMILES string of the molecule is CC(=O)N(CCC(=O)Nc1ccc(Cl)cc1Cl)C(C)C. The number of nitrogens with zero attached hydrogens (tertiary/aromatic N) is 1. The molecule has 6 heteroatoms. The third kappa shape index (κ3) is 5.02. The van der Waals surface area contributed by atoms with Crippen molar-refractivity contribution < 1.29 is 9.59 Å². The molecule has 20 heavy (non-hydrogen) atoms. The summed E-state index contributed by atoms with van der Waals surface area (Å²) in [5, 5.41) is 3.60. The van der Waals surface area contributed by atoms with Gasteiger partial charge in [0.1, 0.15) is 0 Å². The number of hydrogen-bond acceptors (Lipinski definition) is 2. The summed E-state index contributed by atoms with van der Waals surface area (Å²) in [6.07, 6.45) is 0.219. The Morgan fingerprint density at radius 2 is 1.95 bits per heavy atom. The molecule has 0 spiro atoms. The van der Waals surface area contributed by atoms with Gasteiger partial charge in [0, 0.05) is 31.0 Å². The Balaban J connectivity index is 2.57. The molecule has 1 aromatic rings. The molecule has 0 radical (unpaired) electrons. The molecule has 0 aliphatic heterocycles. The molecular weight excluding hydrogens is 299 g/mol. The first kappa shape index (κ1) is 16.8. The molecule has 110 valence electrons. The second-order valence-corrected chi connectivity index (χ2v) is 5.57. The zero-order valence-corrected chi connectivity index (χ0v) is 13.3. The Kier molecular flexibility index (Phi) is 6.30. The predicted molar refractivity (Wildman–Crippen MR) is 82.2 cm³/mol. The van der Waals surface area contributed by atoms with Crippen LogP contribution >= 0.6 is 23.2 Å². The smallest absolute Gasteiger partial charge is 0.226 e. The molecule has 0 heterocycles. The number of benzene rings is 1.